The molecule has 158 valence electrons. The van der Waals surface area contributed by atoms with Crippen molar-refractivity contribution >= 4 is 23.9 Å². The number of furan rings is 1. The zero-order valence-electron chi connectivity index (χ0n) is 17.0. The van der Waals surface area contributed by atoms with E-state index in [4.69, 9.17) is 9.15 Å². The lowest BCUT2D eigenvalue weighted by atomic mass is 10.1. The molecule has 1 N–H and O–H groups in total. The first kappa shape index (κ1) is 22.1. The Morgan fingerprint density at radius 3 is 2.81 bits per heavy atom. The number of pyridine rings is 1. The maximum Gasteiger partial charge on any atom is 0.269 e. The summed E-state index contributed by atoms with van der Waals surface area (Å²) in [5.74, 6) is -0.0296. The van der Waals surface area contributed by atoms with Crippen LogP contribution in [0, 0.1) is 18.3 Å². The molecule has 31 heavy (non-hydrogen) atoms. The molecule has 0 aliphatic carbocycles. The van der Waals surface area contributed by atoms with Crippen LogP contribution in [0.15, 0.2) is 72.8 Å². The van der Waals surface area contributed by atoms with Crippen molar-refractivity contribution in [3.05, 3.63) is 81.5 Å². The number of amides is 1. The molecule has 0 fully saturated rings. The molecule has 1 amide bonds. The summed E-state index contributed by atoms with van der Waals surface area (Å²) in [5, 5.41) is 13.9. The van der Waals surface area contributed by atoms with Crippen LogP contribution in [0.4, 0.5) is 0 Å². The summed E-state index contributed by atoms with van der Waals surface area (Å²) in [7, 11) is 1.48. The smallest absolute Gasteiger partial charge is 0.269 e. The lowest BCUT2D eigenvalue weighted by Crippen LogP contribution is -2.33. The number of nitrogens with zero attached hydrogens (tertiary/aromatic N) is 3. The second-order valence-corrected chi connectivity index (χ2v) is 7.57. The van der Waals surface area contributed by atoms with Gasteiger partial charge in [0, 0.05) is 23.3 Å². The highest BCUT2D eigenvalue weighted by Crippen LogP contribution is 2.28. The Kier molecular flexibility index (Phi) is 7.43. The number of benzene rings is 1. The SMILES string of the molecule is COCc1cc(C)n(CC(=O)NN=Cc2ccc(Sc3ccccc3)o2)c(=O)c1C#N. The van der Waals surface area contributed by atoms with Crippen molar-refractivity contribution in [1.29, 1.82) is 5.26 Å². The zero-order chi connectivity index (χ0) is 22.2. The standard InChI is InChI=1S/C22H20N4O4S/c1-15-10-16(14-29-2)19(11-23)22(28)26(15)13-20(27)25-24-12-17-8-9-21(30-17)31-18-6-4-3-5-7-18/h3-10,12H,13-14H2,1-2H3,(H,25,27). The maximum absolute atomic E-state index is 12.5. The van der Waals surface area contributed by atoms with Crippen molar-refractivity contribution in [2.45, 2.75) is 30.1 Å². The van der Waals surface area contributed by atoms with Gasteiger partial charge >= 0.3 is 0 Å². The van der Waals surface area contributed by atoms with Crippen LogP contribution in [0.1, 0.15) is 22.6 Å². The van der Waals surface area contributed by atoms with E-state index in [1.807, 2.05) is 42.5 Å². The summed E-state index contributed by atoms with van der Waals surface area (Å²) in [6.07, 6.45) is 1.38. The number of aryl methyl sites for hydroxylation is 1. The normalized spacial score (nSPS) is 10.9. The number of nitriles is 1. The van der Waals surface area contributed by atoms with Crippen molar-refractivity contribution in [2.24, 2.45) is 5.10 Å². The van der Waals surface area contributed by atoms with Gasteiger partial charge in [0.1, 0.15) is 23.9 Å². The molecule has 0 radical (unpaired) electrons. The first-order chi connectivity index (χ1) is 15.0. The van der Waals surface area contributed by atoms with Crippen molar-refractivity contribution < 1.29 is 13.9 Å². The maximum atomic E-state index is 12.5. The van der Waals surface area contributed by atoms with Gasteiger partial charge in [0.15, 0.2) is 5.09 Å². The first-order valence-corrected chi connectivity index (χ1v) is 10.1. The average Bonchev–Trinajstić information content (AvgIpc) is 3.19. The van der Waals surface area contributed by atoms with Gasteiger partial charge in [0.05, 0.1) is 12.8 Å². The molecular formula is C22H20N4O4S. The lowest BCUT2D eigenvalue weighted by Gasteiger charge is -2.12. The summed E-state index contributed by atoms with van der Waals surface area (Å²) in [6, 6.07) is 16.9. The summed E-state index contributed by atoms with van der Waals surface area (Å²) in [5.41, 5.74) is 2.82. The van der Waals surface area contributed by atoms with Crippen LogP contribution in [0.3, 0.4) is 0 Å². The fourth-order valence-electron chi connectivity index (χ4n) is 2.83. The highest BCUT2D eigenvalue weighted by molar-refractivity contribution is 7.99. The Bertz CT molecular complexity index is 1190. The molecule has 0 saturated heterocycles. The number of hydrazone groups is 1. The monoisotopic (exact) mass is 436 g/mol. The van der Waals surface area contributed by atoms with Crippen LogP contribution in [-0.2, 0) is 22.7 Å². The number of ether oxygens (including phenoxy) is 1. The Labute approximate surface area is 183 Å². The molecular weight excluding hydrogens is 416 g/mol. The van der Waals surface area contributed by atoms with E-state index in [1.165, 1.54) is 29.7 Å². The predicted molar refractivity (Wildman–Crippen MR) is 116 cm³/mol. The minimum absolute atomic E-state index is 0.0391. The third-order valence-corrected chi connectivity index (χ3v) is 5.18. The number of aromatic nitrogens is 1. The highest BCUT2D eigenvalue weighted by Gasteiger charge is 2.14. The minimum Gasteiger partial charge on any atom is -0.448 e. The van der Waals surface area contributed by atoms with E-state index >= 15 is 0 Å². The van der Waals surface area contributed by atoms with Gasteiger partial charge in [-0.1, -0.05) is 30.0 Å². The molecule has 2 aromatic heterocycles. The van der Waals surface area contributed by atoms with E-state index in [2.05, 4.69) is 10.5 Å². The van der Waals surface area contributed by atoms with Crippen molar-refractivity contribution in [1.82, 2.24) is 9.99 Å². The molecule has 0 bridgehead atoms. The van der Waals surface area contributed by atoms with Crippen molar-refractivity contribution in [2.75, 3.05) is 7.11 Å². The Morgan fingerprint density at radius 1 is 1.32 bits per heavy atom. The molecule has 8 nitrogen and oxygen atoms in total. The van der Waals surface area contributed by atoms with Gasteiger partial charge < -0.3 is 13.7 Å². The van der Waals surface area contributed by atoms with Gasteiger partial charge in [0.2, 0.25) is 0 Å². The van der Waals surface area contributed by atoms with Gasteiger partial charge in [-0.15, -0.1) is 0 Å². The van der Waals surface area contributed by atoms with Gasteiger partial charge in [-0.3, -0.25) is 9.59 Å². The molecule has 1 aromatic carbocycles. The molecule has 0 unspecified atom stereocenters. The fourth-order valence-corrected chi connectivity index (χ4v) is 3.63. The number of hydrogen-bond donors (Lipinski definition) is 1. The molecule has 0 aliphatic heterocycles. The Hall–Kier alpha value is -3.61. The number of methoxy groups -OCH3 is 1. The van der Waals surface area contributed by atoms with Gasteiger partial charge in [-0.25, -0.2) is 5.43 Å². The van der Waals surface area contributed by atoms with Crippen molar-refractivity contribution in [3.8, 4) is 6.07 Å². The summed E-state index contributed by atoms with van der Waals surface area (Å²) in [6.45, 7) is 1.56. The number of hydrogen-bond acceptors (Lipinski definition) is 7. The molecule has 0 saturated carbocycles. The van der Waals surface area contributed by atoms with E-state index in [0.29, 0.717) is 22.1 Å². The van der Waals surface area contributed by atoms with Gasteiger partial charge in [0.25, 0.3) is 11.5 Å². The largest absolute Gasteiger partial charge is 0.448 e. The number of carbonyl (C=O) groups excluding carboxylic acids is 1. The molecule has 0 atom stereocenters. The minimum atomic E-state index is -0.540. The summed E-state index contributed by atoms with van der Waals surface area (Å²) in [4.78, 5) is 25.8. The third-order valence-electron chi connectivity index (χ3n) is 4.25. The molecule has 2 heterocycles. The topological polar surface area (TPSA) is 110 Å². The van der Waals surface area contributed by atoms with Crippen LogP contribution in [-0.4, -0.2) is 23.8 Å². The van der Waals surface area contributed by atoms with Gasteiger partial charge in [-0.2, -0.15) is 10.4 Å². The van der Waals surface area contributed by atoms with Crippen LogP contribution >= 0.6 is 11.8 Å². The van der Waals surface area contributed by atoms with E-state index in [9.17, 15) is 14.9 Å². The lowest BCUT2D eigenvalue weighted by molar-refractivity contribution is -0.121. The second-order valence-electron chi connectivity index (χ2n) is 6.49. The molecule has 9 heteroatoms. The molecule has 3 aromatic rings. The number of carbonyl (C=O) groups is 1. The Balaban J connectivity index is 1.63. The number of nitrogens with one attached hydrogen (secondary N) is 1. The third kappa shape index (κ3) is 5.72. The average molecular weight is 436 g/mol. The predicted octanol–water partition coefficient (Wildman–Crippen LogP) is 3.07. The second kappa shape index (κ2) is 10.4. The molecule has 0 spiro atoms. The summed E-state index contributed by atoms with van der Waals surface area (Å²) >= 11 is 1.47. The quantitative estimate of drug-likeness (QED) is 0.429. The van der Waals surface area contributed by atoms with Gasteiger partial charge in [-0.05, 0) is 37.3 Å². The molecule has 3 rings (SSSR count). The van der Waals surface area contributed by atoms with E-state index < -0.39 is 11.5 Å². The highest BCUT2D eigenvalue weighted by atomic mass is 32.2. The zero-order valence-corrected chi connectivity index (χ0v) is 17.8. The first-order valence-electron chi connectivity index (χ1n) is 9.29. The number of rotatable bonds is 8. The Morgan fingerprint density at radius 2 is 2.10 bits per heavy atom. The van der Waals surface area contributed by atoms with Crippen molar-refractivity contribution in [3.63, 3.8) is 0 Å². The van der Waals surface area contributed by atoms with Crippen LogP contribution in [0.2, 0.25) is 0 Å². The van der Waals surface area contributed by atoms with Crippen LogP contribution in [0.5, 0.6) is 0 Å². The van der Waals surface area contributed by atoms with E-state index in [-0.39, 0.29) is 18.7 Å². The van der Waals surface area contributed by atoms with E-state index in [0.717, 1.165) is 4.90 Å². The van der Waals surface area contributed by atoms with Crippen LogP contribution in [0.25, 0.3) is 0 Å². The molecule has 0 aliphatic rings. The summed E-state index contributed by atoms with van der Waals surface area (Å²) < 4.78 is 11.9. The fraction of sp³-hybridized carbons (Fsp3) is 0.182. The van der Waals surface area contributed by atoms with E-state index in [1.54, 1.807) is 19.1 Å². The van der Waals surface area contributed by atoms with Crippen LogP contribution < -0.4 is 11.0 Å².